The van der Waals surface area contributed by atoms with Crippen LogP contribution in [0.3, 0.4) is 0 Å². The second-order valence-electron chi connectivity index (χ2n) is 2.93. The molecule has 0 aliphatic heterocycles. The van der Waals surface area contributed by atoms with E-state index in [1.807, 2.05) is 0 Å². The first-order valence-corrected chi connectivity index (χ1v) is 3.60. The fourth-order valence-corrected chi connectivity index (χ4v) is 1.23. The van der Waals surface area contributed by atoms with E-state index in [9.17, 15) is 4.79 Å². The van der Waals surface area contributed by atoms with E-state index in [1.54, 1.807) is 0 Å². The number of rotatable bonds is 0. The SMILES string of the molecule is C[C@@H]1CC/C(=C\O)C(=O)C1. The van der Waals surface area contributed by atoms with Crippen LogP contribution in [0.1, 0.15) is 26.2 Å². The fraction of sp³-hybridized carbons (Fsp3) is 0.625. The normalized spacial score (nSPS) is 31.1. The zero-order chi connectivity index (χ0) is 7.56. The number of aliphatic hydroxyl groups excluding tert-OH is 1. The topological polar surface area (TPSA) is 37.3 Å². The predicted octanol–water partition coefficient (Wildman–Crippen LogP) is 1.82. The molecule has 0 radical (unpaired) electrons. The molecule has 56 valence electrons. The van der Waals surface area contributed by atoms with Crippen LogP contribution in [-0.2, 0) is 4.79 Å². The van der Waals surface area contributed by atoms with E-state index in [0.29, 0.717) is 17.9 Å². The maximum atomic E-state index is 11.0. The molecule has 2 nitrogen and oxygen atoms in total. The van der Waals surface area contributed by atoms with Crippen molar-refractivity contribution < 1.29 is 9.90 Å². The van der Waals surface area contributed by atoms with Crippen molar-refractivity contribution in [3.8, 4) is 0 Å². The summed E-state index contributed by atoms with van der Waals surface area (Å²) in [4.78, 5) is 11.0. The Morgan fingerprint density at radius 3 is 2.90 bits per heavy atom. The molecule has 1 aliphatic rings. The van der Waals surface area contributed by atoms with E-state index in [2.05, 4.69) is 6.92 Å². The molecular weight excluding hydrogens is 128 g/mol. The van der Waals surface area contributed by atoms with Crippen molar-refractivity contribution in [1.29, 1.82) is 0 Å². The summed E-state index contributed by atoms with van der Waals surface area (Å²) in [5.74, 6) is 0.609. The molecule has 0 unspecified atom stereocenters. The predicted molar refractivity (Wildman–Crippen MR) is 38.7 cm³/mol. The average molecular weight is 140 g/mol. The molecule has 0 amide bonds. The Hall–Kier alpha value is -0.790. The zero-order valence-corrected chi connectivity index (χ0v) is 6.13. The monoisotopic (exact) mass is 140 g/mol. The van der Waals surface area contributed by atoms with Crippen molar-refractivity contribution in [2.75, 3.05) is 0 Å². The van der Waals surface area contributed by atoms with Gasteiger partial charge in [0.1, 0.15) is 0 Å². The largest absolute Gasteiger partial charge is 0.515 e. The van der Waals surface area contributed by atoms with Crippen LogP contribution in [-0.4, -0.2) is 10.9 Å². The smallest absolute Gasteiger partial charge is 0.162 e. The Morgan fingerprint density at radius 2 is 2.40 bits per heavy atom. The van der Waals surface area contributed by atoms with Crippen LogP contribution < -0.4 is 0 Å². The molecular formula is C8H12O2. The lowest BCUT2D eigenvalue weighted by Crippen LogP contribution is -2.15. The van der Waals surface area contributed by atoms with Gasteiger partial charge in [0.2, 0.25) is 0 Å². The van der Waals surface area contributed by atoms with Crippen LogP contribution in [0, 0.1) is 5.92 Å². The molecule has 2 heteroatoms. The number of Topliss-reactive ketones (excluding diaryl/α,β-unsaturated/α-hetero) is 1. The minimum atomic E-state index is 0.112. The third kappa shape index (κ3) is 1.38. The Morgan fingerprint density at radius 1 is 1.70 bits per heavy atom. The number of carbonyl (C=O) groups is 1. The first-order valence-electron chi connectivity index (χ1n) is 3.60. The third-order valence-corrected chi connectivity index (χ3v) is 1.95. The fourth-order valence-electron chi connectivity index (χ4n) is 1.23. The summed E-state index contributed by atoms with van der Waals surface area (Å²) in [6.07, 6.45) is 3.33. The summed E-state index contributed by atoms with van der Waals surface area (Å²) >= 11 is 0. The molecule has 1 N–H and O–H groups in total. The molecule has 0 aromatic rings. The van der Waals surface area contributed by atoms with Gasteiger partial charge < -0.3 is 5.11 Å². The minimum Gasteiger partial charge on any atom is -0.515 e. The van der Waals surface area contributed by atoms with Crippen molar-refractivity contribution >= 4 is 5.78 Å². The first kappa shape index (κ1) is 7.32. The Labute approximate surface area is 60.6 Å². The molecule has 1 rings (SSSR count). The van der Waals surface area contributed by atoms with Crippen molar-refractivity contribution in [3.63, 3.8) is 0 Å². The van der Waals surface area contributed by atoms with Gasteiger partial charge in [-0.2, -0.15) is 0 Å². The molecule has 0 aromatic carbocycles. The van der Waals surface area contributed by atoms with Gasteiger partial charge in [0.15, 0.2) is 5.78 Å². The Balaban J connectivity index is 2.61. The van der Waals surface area contributed by atoms with Crippen LogP contribution in [0.25, 0.3) is 0 Å². The third-order valence-electron chi connectivity index (χ3n) is 1.95. The molecule has 1 saturated carbocycles. The zero-order valence-electron chi connectivity index (χ0n) is 6.13. The van der Waals surface area contributed by atoms with Crippen LogP contribution in [0.4, 0.5) is 0 Å². The van der Waals surface area contributed by atoms with Crippen molar-refractivity contribution in [2.24, 2.45) is 5.92 Å². The molecule has 0 bridgehead atoms. The highest BCUT2D eigenvalue weighted by molar-refractivity contribution is 5.95. The summed E-state index contributed by atoms with van der Waals surface area (Å²) in [5.41, 5.74) is 0.595. The lowest BCUT2D eigenvalue weighted by Gasteiger charge is -2.17. The number of allylic oxidation sites excluding steroid dienone is 1. The van der Waals surface area contributed by atoms with Crippen LogP contribution in [0.2, 0.25) is 0 Å². The standard InChI is InChI=1S/C8H12O2/c1-6-2-3-7(5-9)8(10)4-6/h5-6,9H,2-4H2,1H3/b7-5+/t6-/m1/s1. The van der Waals surface area contributed by atoms with Crippen molar-refractivity contribution in [1.82, 2.24) is 0 Å². The lowest BCUT2D eigenvalue weighted by atomic mass is 9.87. The second kappa shape index (κ2) is 2.86. The maximum Gasteiger partial charge on any atom is 0.162 e. The number of ketones is 1. The molecule has 0 aromatic heterocycles. The molecule has 1 aliphatic carbocycles. The van der Waals surface area contributed by atoms with Gasteiger partial charge in [0, 0.05) is 12.0 Å². The lowest BCUT2D eigenvalue weighted by molar-refractivity contribution is -0.117. The molecule has 0 saturated heterocycles. The van der Waals surface area contributed by atoms with E-state index in [1.165, 1.54) is 0 Å². The van der Waals surface area contributed by atoms with Gasteiger partial charge >= 0.3 is 0 Å². The van der Waals surface area contributed by atoms with E-state index in [0.717, 1.165) is 19.1 Å². The summed E-state index contributed by atoms with van der Waals surface area (Å²) in [6, 6.07) is 0. The van der Waals surface area contributed by atoms with Gasteiger partial charge in [-0.3, -0.25) is 4.79 Å². The summed E-state index contributed by atoms with van der Waals surface area (Å²) < 4.78 is 0. The number of hydrogen-bond donors (Lipinski definition) is 1. The van der Waals surface area contributed by atoms with Crippen LogP contribution in [0.15, 0.2) is 11.8 Å². The highest BCUT2D eigenvalue weighted by atomic mass is 16.2. The molecule has 0 spiro atoms. The minimum absolute atomic E-state index is 0.112. The number of aliphatic hydroxyl groups is 1. The highest BCUT2D eigenvalue weighted by Gasteiger charge is 2.19. The Bertz CT molecular complexity index is 170. The highest BCUT2D eigenvalue weighted by Crippen LogP contribution is 2.24. The quantitative estimate of drug-likeness (QED) is 0.411. The van der Waals surface area contributed by atoms with Crippen LogP contribution >= 0.6 is 0 Å². The number of carbonyl (C=O) groups excluding carboxylic acids is 1. The van der Waals surface area contributed by atoms with Gasteiger partial charge in [-0.05, 0) is 18.8 Å². The molecule has 1 fully saturated rings. The molecule has 1 atom stereocenters. The summed E-state index contributed by atoms with van der Waals surface area (Å²) in [7, 11) is 0. The van der Waals surface area contributed by atoms with Gasteiger partial charge in [-0.25, -0.2) is 0 Å². The van der Waals surface area contributed by atoms with Crippen LogP contribution in [0.5, 0.6) is 0 Å². The maximum absolute atomic E-state index is 11.0. The van der Waals surface area contributed by atoms with Gasteiger partial charge in [0.25, 0.3) is 0 Å². The average Bonchev–Trinajstić information content (AvgIpc) is 1.88. The molecule has 0 heterocycles. The van der Waals surface area contributed by atoms with E-state index in [-0.39, 0.29) is 5.78 Å². The second-order valence-corrected chi connectivity index (χ2v) is 2.93. The van der Waals surface area contributed by atoms with Gasteiger partial charge in [0.05, 0.1) is 6.26 Å². The summed E-state index contributed by atoms with van der Waals surface area (Å²) in [5, 5.41) is 8.56. The molecule has 10 heavy (non-hydrogen) atoms. The van der Waals surface area contributed by atoms with E-state index in [4.69, 9.17) is 5.11 Å². The van der Waals surface area contributed by atoms with E-state index >= 15 is 0 Å². The van der Waals surface area contributed by atoms with E-state index < -0.39 is 0 Å². The van der Waals surface area contributed by atoms with Gasteiger partial charge in [-0.1, -0.05) is 6.92 Å². The van der Waals surface area contributed by atoms with Crippen molar-refractivity contribution in [2.45, 2.75) is 26.2 Å². The Kier molecular flexibility index (Phi) is 2.10. The van der Waals surface area contributed by atoms with Crippen molar-refractivity contribution in [3.05, 3.63) is 11.8 Å². The first-order chi connectivity index (χ1) is 4.74. The number of hydrogen-bond acceptors (Lipinski definition) is 2. The summed E-state index contributed by atoms with van der Waals surface area (Å²) in [6.45, 7) is 2.06. The van der Waals surface area contributed by atoms with Gasteiger partial charge in [-0.15, -0.1) is 0 Å².